The lowest BCUT2D eigenvalue weighted by Crippen LogP contribution is -2.52. The third-order valence-electron chi connectivity index (χ3n) is 5.77. The van der Waals surface area contributed by atoms with Crippen LogP contribution >= 0.6 is 0 Å². The molecule has 160 valence electrons. The van der Waals surface area contributed by atoms with Crippen molar-refractivity contribution in [2.75, 3.05) is 13.7 Å². The van der Waals surface area contributed by atoms with Gasteiger partial charge in [0.2, 0.25) is 0 Å². The van der Waals surface area contributed by atoms with Crippen LogP contribution in [-0.4, -0.2) is 46.4 Å². The van der Waals surface area contributed by atoms with Crippen LogP contribution in [0.1, 0.15) is 21.5 Å². The monoisotopic (exact) mass is 429 g/mol. The number of urea groups is 1. The Morgan fingerprint density at radius 2 is 1.81 bits per heavy atom. The molecule has 1 atom stereocenters. The molecule has 9 heteroatoms. The molecule has 9 nitrogen and oxygen atoms in total. The lowest BCUT2D eigenvalue weighted by Gasteiger charge is -2.31. The van der Waals surface area contributed by atoms with Gasteiger partial charge in [-0.2, -0.15) is 0 Å². The van der Waals surface area contributed by atoms with Crippen LogP contribution in [0.25, 0.3) is 11.4 Å². The number of amides is 4. The number of hydrogen-bond acceptors (Lipinski definition) is 6. The lowest BCUT2D eigenvalue weighted by atomic mass is 9.88. The highest BCUT2D eigenvalue weighted by atomic mass is 16.5. The number of imide groups is 1. The summed E-state index contributed by atoms with van der Waals surface area (Å²) in [5, 5.41) is 5.05. The minimum atomic E-state index is -1.41. The van der Waals surface area contributed by atoms with Crippen LogP contribution in [0.5, 0.6) is 5.75 Å². The number of carbonyl (C=O) groups excluding carboxylic acids is 3. The Bertz CT molecular complexity index is 1230. The van der Waals surface area contributed by atoms with Crippen molar-refractivity contribution in [3.8, 4) is 17.1 Å². The summed E-state index contributed by atoms with van der Waals surface area (Å²) in [4.78, 5) is 48.1. The van der Waals surface area contributed by atoms with E-state index in [9.17, 15) is 14.4 Å². The van der Waals surface area contributed by atoms with Crippen molar-refractivity contribution in [3.05, 3.63) is 77.6 Å². The maximum atomic E-state index is 13.1. The molecule has 2 aromatic carbocycles. The predicted molar refractivity (Wildman–Crippen MR) is 114 cm³/mol. The van der Waals surface area contributed by atoms with Crippen LogP contribution in [0, 0.1) is 0 Å². The SMILES string of the molecule is COc1ccc2c(c1)C(=O)N(C[C@@]1(c3ccc(-c4ncccn4)cc3)NC(=O)NC1=O)C2. The van der Waals surface area contributed by atoms with Gasteiger partial charge in [-0.1, -0.05) is 30.3 Å². The zero-order valence-electron chi connectivity index (χ0n) is 17.2. The average Bonchev–Trinajstić information content (AvgIpc) is 3.29. The summed E-state index contributed by atoms with van der Waals surface area (Å²) < 4.78 is 5.22. The van der Waals surface area contributed by atoms with Crippen LogP contribution in [-0.2, 0) is 16.9 Å². The predicted octanol–water partition coefficient (Wildman–Crippen LogP) is 1.84. The van der Waals surface area contributed by atoms with E-state index in [2.05, 4.69) is 20.6 Å². The Kier molecular flexibility index (Phi) is 4.58. The zero-order valence-corrected chi connectivity index (χ0v) is 17.2. The molecule has 2 aliphatic heterocycles. The smallest absolute Gasteiger partial charge is 0.322 e. The second kappa shape index (κ2) is 7.45. The van der Waals surface area contributed by atoms with E-state index in [0.717, 1.165) is 11.1 Å². The van der Waals surface area contributed by atoms with Crippen LogP contribution < -0.4 is 15.4 Å². The number of fused-ring (bicyclic) bond motifs is 1. The molecular weight excluding hydrogens is 410 g/mol. The Morgan fingerprint density at radius 3 is 2.47 bits per heavy atom. The van der Waals surface area contributed by atoms with Crippen molar-refractivity contribution in [3.63, 3.8) is 0 Å². The zero-order chi connectivity index (χ0) is 22.3. The molecule has 1 saturated heterocycles. The molecule has 32 heavy (non-hydrogen) atoms. The second-order valence-electron chi connectivity index (χ2n) is 7.65. The average molecular weight is 429 g/mol. The van der Waals surface area contributed by atoms with Crippen molar-refractivity contribution in [1.82, 2.24) is 25.5 Å². The van der Waals surface area contributed by atoms with Crippen LogP contribution in [0.3, 0.4) is 0 Å². The largest absolute Gasteiger partial charge is 0.497 e. The van der Waals surface area contributed by atoms with Gasteiger partial charge in [-0.3, -0.25) is 14.9 Å². The standard InChI is InChI=1S/C23H19N5O4/c1-32-17-8-5-15-12-28(20(29)18(15)11-17)13-23(21(30)26-22(31)27-23)16-6-3-14(4-7-16)19-24-9-2-10-25-19/h2-11H,12-13H2,1H3,(H2,26,27,30,31)/t23-/m0/s1. The number of benzene rings is 2. The molecule has 0 aliphatic carbocycles. The van der Waals surface area contributed by atoms with Crippen molar-refractivity contribution in [2.24, 2.45) is 0 Å². The first-order valence-electron chi connectivity index (χ1n) is 9.98. The second-order valence-corrected chi connectivity index (χ2v) is 7.65. The third-order valence-corrected chi connectivity index (χ3v) is 5.77. The summed E-state index contributed by atoms with van der Waals surface area (Å²) in [5.41, 5.74) is 1.29. The Balaban J connectivity index is 1.48. The first-order valence-corrected chi connectivity index (χ1v) is 9.98. The Labute approximate surface area is 183 Å². The summed E-state index contributed by atoms with van der Waals surface area (Å²) in [6, 6.07) is 13.5. The fourth-order valence-electron chi connectivity index (χ4n) is 4.13. The van der Waals surface area contributed by atoms with Gasteiger partial charge in [0.05, 0.1) is 13.7 Å². The van der Waals surface area contributed by atoms with Gasteiger partial charge < -0.3 is 15.0 Å². The van der Waals surface area contributed by atoms with Crippen molar-refractivity contribution >= 4 is 17.8 Å². The van der Waals surface area contributed by atoms with E-state index in [0.29, 0.717) is 29.2 Å². The highest BCUT2D eigenvalue weighted by Crippen LogP contribution is 2.33. The fourth-order valence-corrected chi connectivity index (χ4v) is 4.13. The molecule has 1 fully saturated rings. The summed E-state index contributed by atoms with van der Waals surface area (Å²) in [7, 11) is 1.54. The van der Waals surface area contributed by atoms with E-state index < -0.39 is 17.5 Å². The summed E-state index contributed by atoms with van der Waals surface area (Å²) in [5.74, 6) is 0.403. The minimum absolute atomic E-state index is 0.0123. The maximum absolute atomic E-state index is 13.1. The number of hydrogen-bond donors (Lipinski definition) is 2. The molecular formula is C23H19N5O4. The van der Waals surface area contributed by atoms with Gasteiger partial charge in [0.15, 0.2) is 11.4 Å². The number of nitrogens with zero attached hydrogens (tertiary/aromatic N) is 3. The molecule has 2 N–H and O–H groups in total. The molecule has 3 heterocycles. The van der Waals surface area contributed by atoms with Crippen LogP contribution in [0.2, 0.25) is 0 Å². The lowest BCUT2D eigenvalue weighted by molar-refractivity contribution is -0.124. The number of nitrogens with one attached hydrogen (secondary N) is 2. The number of rotatable bonds is 5. The van der Waals surface area contributed by atoms with Crippen molar-refractivity contribution in [2.45, 2.75) is 12.1 Å². The molecule has 0 unspecified atom stereocenters. The van der Waals surface area contributed by atoms with Gasteiger partial charge in [-0.15, -0.1) is 0 Å². The molecule has 0 radical (unpaired) electrons. The minimum Gasteiger partial charge on any atom is -0.497 e. The van der Waals surface area contributed by atoms with Crippen LogP contribution in [0.15, 0.2) is 60.9 Å². The van der Waals surface area contributed by atoms with Gasteiger partial charge in [-0.05, 0) is 29.3 Å². The molecule has 3 aromatic rings. The number of methoxy groups -OCH3 is 1. The van der Waals surface area contributed by atoms with Gasteiger partial charge in [0.1, 0.15) is 5.75 Å². The van der Waals surface area contributed by atoms with E-state index in [4.69, 9.17) is 4.74 Å². The van der Waals surface area contributed by atoms with E-state index in [1.54, 1.807) is 59.8 Å². The summed E-state index contributed by atoms with van der Waals surface area (Å²) in [6.07, 6.45) is 3.29. The summed E-state index contributed by atoms with van der Waals surface area (Å²) in [6.45, 7) is 0.320. The maximum Gasteiger partial charge on any atom is 0.322 e. The highest BCUT2D eigenvalue weighted by molar-refractivity contribution is 6.08. The normalized spacial score (nSPS) is 19.5. The van der Waals surface area contributed by atoms with Crippen LogP contribution in [0.4, 0.5) is 4.79 Å². The van der Waals surface area contributed by atoms with Gasteiger partial charge in [-0.25, -0.2) is 14.8 Å². The van der Waals surface area contributed by atoms with Gasteiger partial charge >= 0.3 is 6.03 Å². The topological polar surface area (TPSA) is 114 Å². The molecule has 1 aromatic heterocycles. The summed E-state index contributed by atoms with van der Waals surface area (Å²) >= 11 is 0. The first-order chi connectivity index (χ1) is 15.5. The number of aromatic nitrogens is 2. The molecule has 0 saturated carbocycles. The molecule has 2 aliphatic rings. The fraction of sp³-hybridized carbons (Fsp3) is 0.174. The third kappa shape index (κ3) is 3.15. The first kappa shape index (κ1) is 19.7. The molecule has 0 bridgehead atoms. The highest BCUT2D eigenvalue weighted by Gasteiger charge is 2.50. The molecule has 4 amide bonds. The number of carbonyl (C=O) groups is 3. The Hall–Kier alpha value is -4.27. The quantitative estimate of drug-likeness (QED) is 0.599. The van der Waals surface area contributed by atoms with E-state index in [1.807, 2.05) is 6.07 Å². The molecule has 0 spiro atoms. The molecule has 5 rings (SSSR count). The Morgan fingerprint density at radius 1 is 1.06 bits per heavy atom. The van der Waals surface area contributed by atoms with E-state index in [-0.39, 0.29) is 12.5 Å². The van der Waals surface area contributed by atoms with Gasteiger partial charge in [0, 0.05) is 30.1 Å². The number of ether oxygens (including phenoxy) is 1. The van der Waals surface area contributed by atoms with E-state index >= 15 is 0 Å². The van der Waals surface area contributed by atoms with E-state index in [1.165, 1.54) is 7.11 Å². The van der Waals surface area contributed by atoms with Gasteiger partial charge in [0.25, 0.3) is 11.8 Å². The van der Waals surface area contributed by atoms with Crippen molar-refractivity contribution < 1.29 is 19.1 Å². The van der Waals surface area contributed by atoms with Crippen molar-refractivity contribution in [1.29, 1.82) is 0 Å².